The first-order chi connectivity index (χ1) is 12.6. The molecule has 1 saturated carbocycles. The van der Waals surface area contributed by atoms with Crippen LogP contribution in [0.15, 0.2) is 36.4 Å². The molecule has 2 fully saturated rings. The Hall–Kier alpha value is -2.36. The predicted molar refractivity (Wildman–Crippen MR) is 106 cm³/mol. The van der Waals surface area contributed by atoms with E-state index in [-0.39, 0.29) is 5.41 Å². The zero-order valence-electron chi connectivity index (χ0n) is 15.1. The fraction of sp³-hybridized carbons (Fsp3) is 0.455. The number of rotatable bonds is 1. The van der Waals surface area contributed by atoms with Gasteiger partial charge in [0.15, 0.2) is 0 Å². The van der Waals surface area contributed by atoms with Crippen LogP contribution >= 0.6 is 0 Å². The second-order valence-corrected chi connectivity index (χ2v) is 8.38. The van der Waals surface area contributed by atoms with Crippen LogP contribution in [-0.2, 0) is 11.8 Å². The maximum absolute atomic E-state index is 10.1. The highest BCUT2D eigenvalue weighted by atomic mass is 16.3. The second kappa shape index (κ2) is 5.57. The lowest BCUT2D eigenvalue weighted by Crippen LogP contribution is -2.61. The number of anilines is 3. The number of nitrogens with zero attached hydrogens (tertiary/aromatic N) is 1. The van der Waals surface area contributed by atoms with Crippen LogP contribution in [0.1, 0.15) is 43.2 Å². The average Bonchev–Trinajstić information content (AvgIpc) is 2.65. The van der Waals surface area contributed by atoms with E-state index in [2.05, 4.69) is 23.1 Å². The molecule has 4 nitrogen and oxygen atoms in total. The van der Waals surface area contributed by atoms with E-state index in [1.807, 2.05) is 18.2 Å². The van der Waals surface area contributed by atoms with E-state index in [0.29, 0.717) is 29.1 Å². The number of nitrogens with two attached hydrogens (primary N) is 2. The molecule has 1 saturated heterocycles. The van der Waals surface area contributed by atoms with Crippen molar-refractivity contribution in [2.75, 3.05) is 22.9 Å². The standard InChI is InChI=1S/C22H27N3O/c23-19-7-5-15(12-20(19)24)25-10-9-22-8-2-1-3-17(22)21(25)11-14-4-6-16(26)13-18(14)22/h4-7,12-13,17,21,26H,1-3,8-11,23-24H2/t17-,21+,22+/m1/s1. The minimum Gasteiger partial charge on any atom is -0.508 e. The molecular formula is C22H27N3O. The van der Waals surface area contributed by atoms with Crippen molar-refractivity contribution < 1.29 is 5.11 Å². The summed E-state index contributed by atoms with van der Waals surface area (Å²) in [6, 6.07) is 12.6. The van der Waals surface area contributed by atoms with Gasteiger partial charge in [0.1, 0.15) is 5.75 Å². The molecule has 0 unspecified atom stereocenters. The van der Waals surface area contributed by atoms with Gasteiger partial charge in [-0.15, -0.1) is 0 Å². The Morgan fingerprint density at radius 2 is 1.88 bits per heavy atom. The molecule has 5 N–H and O–H groups in total. The summed E-state index contributed by atoms with van der Waals surface area (Å²) in [5.74, 6) is 1.06. The third kappa shape index (κ3) is 2.14. The molecular weight excluding hydrogens is 322 g/mol. The van der Waals surface area contributed by atoms with Gasteiger partial charge in [-0.1, -0.05) is 18.9 Å². The Balaban J connectivity index is 1.61. The van der Waals surface area contributed by atoms with E-state index >= 15 is 0 Å². The number of phenolic OH excluding ortho intramolecular Hbond substituents is 1. The summed E-state index contributed by atoms with van der Waals surface area (Å²) in [6.45, 7) is 1.04. The van der Waals surface area contributed by atoms with Crippen LogP contribution in [0.3, 0.4) is 0 Å². The fourth-order valence-electron chi connectivity index (χ4n) is 6.05. The van der Waals surface area contributed by atoms with Crippen LogP contribution in [0, 0.1) is 5.92 Å². The van der Waals surface area contributed by atoms with Crippen molar-refractivity contribution in [3.63, 3.8) is 0 Å². The molecule has 136 valence electrons. The number of nitrogen functional groups attached to an aromatic ring is 2. The lowest BCUT2D eigenvalue weighted by atomic mass is 9.52. The largest absolute Gasteiger partial charge is 0.508 e. The van der Waals surface area contributed by atoms with Gasteiger partial charge in [0.2, 0.25) is 0 Å². The Morgan fingerprint density at radius 3 is 2.73 bits per heavy atom. The van der Waals surface area contributed by atoms with Gasteiger partial charge >= 0.3 is 0 Å². The van der Waals surface area contributed by atoms with Crippen LogP contribution in [0.4, 0.5) is 17.1 Å². The SMILES string of the molecule is Nc1ccc(N2CC[C@@]34CCCC[C@@H]3[C@@H]2Cc2ccc(O)cc24)cc1N. The van der Waals surface area contributed by atoms with Crippen molar-refractivity contribution >= 4 is 17.1 Å². The normalized spacial score (nSPS) is 29.8. The van der Waals surface area contributed by atoms with E-state index in [1.54, 1.807) is 0 Å². The van der Waals surface area contributed by atoms with Gasteiger partial charge in [-0.25, -0.2) is 0 Å². The summed E-state index contributed by atoms with van der Waals surface area (Å²) < 4.78 is 0. The summed E-state index contributed by atoms with van der Waals surface area (Å²) in [5, 5.41) is 10.1. The van der Waals surface area contributed by atoms with Crippen molar-refractivity contribution in [1.82, 2.24) is 0 Å². The molecule has 0 aromatic heterocycles. The van der Waals surface area contributed by atoms with Gasteiger partial charge in [0.25, 0.3) is 0 Å². The summed E-state index contributed by atoms with van der Waals surface area (Å²) in [6.07, 6.45) is 7.34. The molecule has 0 amide bonds. The van der Waals surface area contributed by atoms with Crippen molar-refractivity contribution in [2.24, 2.45) is 5.92 Å². The van der Waals surface area contributed by atoms with Crippen molar-refractivity contribution in [1.29, 1.82) is 0 Å². The highest BCUT2D eigenvalue weighted by Crippen LogP contribution is 2.56. The van der Waals surface area contributed by atoms with E-state index in [1.165, 1.54) is 42.5 Å². The van der Waals surface area contributed by atoms with Gasteiger partial charge in [0, 0.05) is 23.7 Å². The monoisotopic (exact) mass is 349 g/mol. The Morgan fingerprint density at radius 1 is 1.00 bits per heavy atom. The lowest BCUT2D eigenvalue weighted by molar-refractivity contribution is 0.0983. The topological polar surface area (TPSA) is 75.5 Å². The Labute approximate surface area is 154 Å². The van der Waals surface area contributed by atoms with Crippen molar-refractivity contribution in [3.8, 4) is 5.75 Å². The summed E-state index contributed by atoms with van der Waals surface area (Å²) in [7, 11) is 0. The predicted octanol–water partition coefficient (Wildman–Crippen LogP) is 3.82. The molecule has 1 aliphatic heterocycles. The molecule has 2 aliphatic carbocycles. The van der Waals surface area contributed by atoms with Crippen LogP contribution in [0.2, 0.25) is 0 Å². The third-order valence-corrected chi connectivity index (χ3v) is 7.22. The van der Waals surface area contributed by atoms with Gasteiger partial charge in [0.05, 0.1) is 11.4 Å². The number of piperidine rings is 1. The number of hydrogen-bond donors (Lipinski definition) is 3. The van der Waals surface area contributed by atoms with Gasteiger partial charge < -0.3 is 21.5 Å². The van der Waals surface area contributed by atoms with Crippen molar-refractivity contribution in [2.45, 2.75) is 50.0 Å². The average molecular weight is 349 g/mol. The summed E-state index contributed by atoms with van der Waals surface area (Å²) >= 11 is 0. The zero-order chi connectivity index (χ0) is 17.9. The van der Waals surface area contributed by atoms with E-state index in [9.17, 15) is 5.11 Å². The molecule has 2 aromatic rings. The molecule has 0 radical (unpaired) electrons. The number of fused-ring (bicyclic) bond motifs is 1. The van der Waals surface area contributed by atoms with E-state index in [0.717, 1.165) is 19.4 Å². The van der Waals surface area contributed by atoms with Gasteiger partial charge in [-0.2, -0.15) is 0 Å². The molecule has 3 atom stereocenters. The number of hydrogen-bond acceptors (Lipinski definition) is 4. The fourth-order valence-corrected chi connectivity index (χ4v) is 6.05. The molecule has 5 rings (SSSR count). The lowest BCUT2D eigenvalue weighted by Gasteiger charge is -2.59. The molecule has 26 heavy (non-hydrogen) atoms. The maximum atomic E-state index is 10.1. The molecule has 3 aliphatic rings. The summed E-state index contributed by atoms with van der Waals surface area (Å²) in [4.78, 5) is 2.57. The summed E-state index contributed by atoms with van der Waals surface area (Å²) in [5.41, 5.74) is 17.6. The quantitative estimate of drug-likeness (QED) is 0.684. The molecule has 2 bridgehead atoms. The van der Waals surface area contributed by atoms with E-state index < -0.39 is 0 Å². The second-order valence-electron chi connectivity index (χ2n) is 8.38. The van der Waals surface area contributed by atoms with Crippen molar-refractivity contribution in [3.05, 3.63) is 47.5 Å². The first-order valence-electron chi connectivity index (χ1n) is 9.82. The zero-order valence-corrected chi connectivity index (χ0v) is 15.1. The van der Waals surface area contributed by atoms with Crippen LogP contribution < -0.4 is 16.4 Å². The van der Waals surface area contributed by atoms with Gasteiger partial charge in [-0.05, 0) is 73.1 Å². The van der Waals surface area contributed by atoms with Gasteiger partial charge in [-0.3, -0.25) is 0 Å². The minimum absolute atomic E-state index is 0.241. The Bertz CT molecular complexity index is 864. The molecule has 1 heterocycles. The molecule has 2 aromatic carbocycles. The van der Waals surface area contributed by atoms with Crippen LogP contribution in [0.5, 0.6) is 5.75 Å². The van der Waals surface area contributed by atoms with Crippen LogP contribution in [-0.4, -0.2) is 17.7 Å². The first kappa shape index (κ1) is 15.9. The van der Waals surface area contributed by atoms with E-state index in [4.69, 9.17) is 11.5 Å². The number of phenols is 1. The Kier molecular flexibility index (Phi) is 3.40. The minimum atomic E-state index is 0.241. The molecule has 4 heteroatoms. The smallest absolute Gasteiger partial charge is 0.115 e. The number of aromatic hydroxyl groups is 1. The highest BCUT2D eigenvalue weighted by Gasteiger charge is 2.53. The maximum Gasteiger partial charge on any atom is 0.115 e. The first-order valence-corrected chi connectivity index (χ1v) is 9.82. The molecule has 0 spiro atoms. The number of benzene rings is 2. The third-order valence-electron chi connectivity index (χ3n) is 7.22. The highest BCUT2D eigenvalue weighted by molar-refractivity contribution is 5.70. The van der Waals surface area contributed by atoms with Crippen LogP contribution in [0.25, 0.3) is 0 Å².